The van der Waals surface area contributed by atoms with Crippen LogP contribution in [0.4, 0.5) is 18.9 Å². The number of sulfone groups is 1. The zero-order valence-electron chi connectivity index (χ0n) is 22.1. The van der Waals surface area contributed by atoms with Crippen molar-refractivity contribution in [2.45, 2.75) is 63.1 Å². The zero-order valence-corrected chi connectivity index (χ0v) is 23.6. The molecule has 5 atom stereocenters. The Hall–Kier alpha value is -2.80. The summed E-state index contributed by atoms with van der Waals surface area (Å²) in [6.07, 6.45) is 1.27. The highest BCUT2D eigenvalue weighted by atomic mass is 35.5. The summed E-state index contributed by atoms with van der Waals surface area (Å²) < 4.78 is 67.9. The molecular formula is C26H32ClF3N4O5S. The van der Waals surface area contributed by atoms with Gasteiger partial charge >= 0.3 is 0 Å². The van der Waals surface area contributed by atoms with Gasteiger partial charge in [0.25, 0.3) is 5.92 Å². The van der Waals surface area contributed by atoms with Gasteiger partial charge in [-0.05, 0) is 56.4 Å². The van der Waals surface area contributed by atoms with Crippen molar-refractivity contribution in [1.29, 1.82) is 0 Å². The van der Waals surface area contributed by atoms with Gasteiger partial charge < -0.3 is 20.9 Å². The summed E-state index contributed by atoms with van der Waals surface area (Å²) >= 11 is 6.14. The van der Waals surface area contributed by atoms with Crippen LogP contribution in [0.5, 0.6) is 0 Å². The van der Waals surface area contributed by atoms with Gasteiger partial charge in [0.15, 0.2) is 0 Å². The molecule has 0 radical (unpaired) electrons. The third-order valence-corrected chi connectivity index (χ3v) is 9.16. The van der Waals surface area contributed by atoms with Gasteiger partial charge in [-0.1, -0.05) is 17.7 Å². The zero-order chi connectivity index (χ0) is 29.4. The van der Waals surface area contributed by atoms with E-state index in [1.54, 1.807) is 25.1 Å². The molecule has 2 bridgehead atoms. The van der Waals surface area contributed by atoms with E-state index in [0.717, 1.165) is 0 Å². The fraction of sp³-hybridized carbons (Fsp3) is 0.577. The minimum absolute atomic E-state index is 0.00357. The van der Waals surface area contributed by atoms with Crippen molar-refractivity contribution in [2.24, 2.45) is 11.8 Å². The molecule has 14 heteroatoms. The standard InChI is InChI=1S/C26H32ClF3N4O5S/c1-14-19(27)4-3-5-20(14)32-13-22(35)34-17-6-7-18(26(29,30)12-17)23(34)25(37)33-16(11-21(28)40(2,38)39)10-15-8-9-31-24(15)36/h3-5,11,15-18,23,32H,6-10,12-13H2,1-2H3,(H,31,36)(H,33,37)/b21-11+/t15-,16-,17-,18-,23+/m1/s1. The summed E-state index contributed by atoms with van der Waals surface area (Å²) in [7, 11) is -4.26. The van der Waals surface area contributed by atoms with Crippen LogP contribution in [0, 0.1) is 18.8 Å². The highest BCUT2D eigenvalue weighted by Gasteiger charge is 2.60. The molecule has 3 aliphatic heterocycles. The smallest absolute Gasteiger partial charge is 0.255 e. The summed E-state index contributed by atoms with van der Waals surface area (Å²) in [6, 6.07) is 1.34. The number of halogens is 4. The fourth-order valence-corrected chi connectivity index (χ4v) is 6.41. The molecule has 3 amide bonds. The normalized spacial score (nSPS) is 26.8. The largest absolute Gasteiger partial charge is 0.376 e. The monoisotopic (exact) mass is 604 g/mol. The molecule has 1 aromatic rings. The second-order valence-electron chi connectivity index (χ2n) is 10.7. The van der Waals surface area contributed by atoms with Gasteiger partial charge in [-0.15, -0.1) is 0 Å². The maximum atomic E-state index is 15.0. The van der Waals surface area contributed by atoms with Gasteiger partial charge in [-0.2, -0.15) is 4.39 Å². The highest BCUT2D eigenvalue weighted by molar-refractivity contribution is 7.94. The number of nitrogens with one attached hydrogen (secondary N) is 3. The van der Waals surface area contributed by atoms with Crippen LogP contribution in [0.1, 0.15) is 37.7 Å². The van der Waals surface area contributed by atoms with Crippen molar-refractivity contribution in [3.8, 4) is 0 Å². The number of fused-ring (bicyclic) bond motifs is 3. The van der Waals surface area contributed by atoms with Gasteiger partial charge in [-0.3, -0.25) is 14.4 Å². The maximum Gasteiger partial charge on any atom is 0.255 e. The molecule has 4 fully saturated rings. The number of hydrogen-bond donors (Lipinski definition) is 3. The van der Waals surface area contributed by atoms with Crippen molar-refractivity contribution >= 4 is 44.8 Å². The van der Waals surface area contributed by atoms with E-state index in [9.17, 15) is 27.2 Å². The molecule has 0 unspecified atom stereocenters. The van der Waals surface area contributed by atoms with E-state index in [1.165, 1.54) is 4.90 Å². The van der Waals surface area contributed by atoms with Crippen LogP contribution in [0.3, 0.4) is 0 Å². The third-order valence-electron chi connectivity index (χ3n) is 7.91. The van der Waals surface area contributed by atoms with Crippen LogP contribution in [-0.2, 0) is 24.2 Å². The molecule has 40 heavy (non-hydrogen) atoms. The molecular weight excluding hydrogens is 573 g/mol. The molecule has 0 spiro atoms. The first-order chi connectivity index (χ1) is 18.7. The predicted octanol–water partition coefficient (Wildman–Crippen LogP) is 2.94. The summed E-state index contributed by atoms with van der Waals surface area (Å²) in [6.45, 7) is 1.83. The van der Waals surface area contributed by atoms with E-state index < -0.39 is 69.1 Å². The van der Waals surface area contributed by atoms with Crippen molar-refractivity contribution in [1.82, 2.24) is 15.5 Å². The lowest BCUT2D eigenvalue weighted by molar-refractivity contribution is -0.193. The van der Waals surface area contributed by atoms with Crippen LogP contribution in [-0.4, -0.2) is 74.4 Å². The van der Waals surface area contributed by atoms with E-state index in [1.807, 2.05) is 0 Å². The molecule has 4 aliphatic rings. The van der Waals surface area contributed by atoms with Crippen molar-refractivity contribution in [3.05, 3.63) is 40.0 Å². The number of anilines is 1. The molecule has 1 saturated carbocycles. The second-order valence-corrected chi connectivity index (χ2v) is 13.0. The van der Waals surface area contributed by atoms with Gasteiger partial charge in [-0.25, -0.2) is 17.2 Å². The first kappa shape index (κ1) is 30.2. The van der Waals surface area contributed by atoms with E-state index in [4.69, 9.17) is 11.6 Å². The number of nitrogens with zero attached hydrogens (tertiary/aromatic N) is 1. The molecule has 9 nitrogen and oxygen atoms in total. The molecule has 0 aromatic heterocycles. The number of carbonyl (C=O) groups is 3. The van der Waals surface area contributed by atoms with Crippen molar-refractivity contribution in [3.63, 3.8) is 0 Å². The Morgan fingerprint density at radius 3 is 2.62 bits per heavy atom. The van der Waals surface area contributed by atoms with E-state index in [0.29, 0.717) is 48.0 Å². The summed E-state index contributed by atoms with van der Waals surface area (Å²) in [5.74, 6) is -7.20. The molecule has 3 heterocycles. The van der Waals surface area contributed by atoms with Crippen LogP contribution in [0.25, 0.3) is 0 Å². The minimum Gasteiger partial charge on any atom is -0.376 e. The Morgan fingerprint density at radius 1 is 1.27 bits per heavy atom. The van der Waals surface area contributed by atoms with Crippen LogP contribution in [0.15, 0.2) is 29.4 Å². The summed E-state index contributed by atoms with van der Waals surface area (Å²) in [4.78, 5) is 40.3. The summed E-state index contributed by atoms with van der Waals surface area (Å²) in [5.41, 5.74) is 1.27. The van der Waals surface area contributed by atoms with Crippen LogP contribution < -0.4 is 16.0 Å². The van der Waals surface area contributed by atoms with Crippen molar-refractivity contribution in [2.75, 3.05) is 24.7 Å². The first-order valence-corrected chi connectivity index (χ1v) is 15.3. The Labute approximate surface area is 235 Å². The van der Waals surface area contributed by atoms with Crippen LogP contribution in [0.2, 0.25) is 5.02 Å². The number of benzene rings is 1. The van der Waals surface area contributed by atoms with Gasteiger partial charge in [0.2, 0.25) is 32.7 Å². The number of amides is 3. The highest BCUT2D eigenvalue weighted by Crippen LogP contribution is 2.49. The quantitative estimate of drug-likeness (QED) is 0.398. The number of hydrogen-bond acceptors (Lipinski definition) is 6. The number of alkyl halides is 2. The van der Waals surface area contributed by atoms with Crippen LogP contribution >= 0.6 is 11.6 Å². The van der Waals surface area contributed by atoms with Gasteiger partial charge in [0, 0.05) is 41.9 Å². The minimum atomic E-state index is -4.26. The molecule has 5 rings (SSSR count). The van der Waals surface area contributed by atoms with E-state index >= 15 is 8.78 Å². The molecule has 1 aliphatic carbocycles. The number of carbonyl (C=O) groups excluding carboxylic acids is 3. The second kappa shape index (κ2) is 11.6. The first-order valence-electron chi connectivity index (χ1n) is 13.0. The SMILES string of the molecule is Cc1c(Cl)cccc1NCC(=O)N1[C@@H]2CC[C@H]([C@H]1C(=O)N[C@@H](/C=C(\F)S(C)(=O)=O)C[C@H]1CCNC1=O)C(F)(F)C2. The topological polar surface area (TPSA) is 125 Å². The van der Waals surface area contributed by atoms with E-state index in [-0.39, 0.29) is 25.3 Å². The third kappa shape index (κ3) is 6.40. The molecule has 3 N–H and O–H groups in total. The fourth-order valence-electron chi connectivity index (χ4n) is 5.82. The Morgan fingerprint density at radius 2 is 2.00 bits per heavy atom. The average molecular weight is 605 g/mol. The predicted molar refractivity (Wildman–Crippen MR) is 143 cm³/mol. The van der Waals surface area contributed by atoms with Crippen molar-refractivity contribution < 1.29 is 36.0 Å². The Balaban J connectivity index is 1.59. The Bertz CT molecular complexity index is 1330. The van der Waals surface area contributed by atoms with Gasteiger partial charge in [0.05, 0.1) is 18.5 Å². The lowest BCUT2D eigenvalue weighted by atomic mass is 9.71. The number of rotatable bonds is 9. The van der Waals surface area contributed by atoms with E-state index in [2.05, 4.69) is 16.0 Å². The lowest BCUT2D eigenvalue weighted by Crippen LogP contribution is -2.69. The Kier molecular flexibility index (Phi) is 8.74. The molecule has 220 valence electrons. The molecule has 1 aromatic carbocycles. The van der Waals surface area contributed by atoms with Gasteiger partial charge in [0.1, 0.15) is 6.04 Å². The number of piperidine rings is 2. The molecule has 3 saturated heterocycles. The maximum absolute atomic E-state index is 15.0. The average Bonchev–Trinajstić information content (AvgIpc) is 3.27. The lowest BCUT2D eigenvalue weighted by Gasteiger charge is -2.53. The summed E-state index contributed by atoms with van der Waals surface area (Å²) in [5, 5.41) is 7.01.